The minimum absolute atomic E-state index is 0.574. The van der Waals surface area contributed by atoms with Crippen LogP contribution in [0.1, 0.15) is 51.3 Å². The van der Waals surface area contributed by atoms with Crippen molar-refractivity contribution in [3.8, 4) is 0 Å². The first kappa shape index (κ1) is 11.6. The molecule has 0 aliphatic carbocycles. The zero-order valence-electron chi connectivity index (χ0n) is 10.4. The summed E-state index contributed by atoms with van der Waals surface area (Å²) in [7, 11) is 0. The molecule has 0 amide bonds. The number of hydrogen-bond donors (Lipinski definition) is 1. The molecule has 1 aliphatic heterocycles. The Morgan fingerprint density at radius 3 is 2.94 bits per heavy atom. The van der Waals surface area contributed by atoms with Gasteiger partial charge < -0.3 is 5.32 Å². The van der Waals surface area contributed by atoms with Crippen molar-refractivity contribution in [2.24, 2.45) is 0 Å². The smallest absolute Gasteiger partial charge is 0.0640 e. The summed E-state index contributed by atoms with van der Waals surface area (Å²) in [5.74, 6) is 0. The van der Waals surface area contributed by atoms with E-state index in [9.17, 15) is 0 Å². The van der Waals surface area contributed by atoms with E-state index in [0.717, 1.165) is 6.42 Å². The monoisotopic (exact) mass is 221 g/mol. The lowest BCUT2D eigenvalue weighted by Crippen LogP contribution is -2.24. The van der Waals surface area contributed by atoms with Crippen LogP contribution in [0.3, 0.4) is 0 Å². The highest BCUT2D eigenvalue weighted by Crippen LogP contribution is 2.16. The molecule has 1 unspecified atom stereocenters. The number of rotatable bonds is 5. The molecule has 0 saturated carbocycles. The maximum Gasteiger partial charge on any atom is 0.0640 e. The molecule has 0 aromatic carbocycles. The Morgan fingerprint density at radius 2 is 2.31 bits per heavy atom. The number of aromatic nitrogens is 2. The summed E-state index contributed by atoms with van der Waals surface area (Å²) in [5.41, 5.74) is 1.24. The zero-order chi connectivity index (χ0) is 11.4. The van der Waals surface area contributed by atoms with Gasteiger partial charge in [-0.3, -0.25) is 4.68 Å². The molecule has 1 aromatic heterocycles. The Morgan fingerprint density at radius 1 is 1.50 bits per heavy atom. The Labute approximate surface area is 98.2 Å². The molecule has 1 N–H and O–H groups in total. The third-order valence-electron chi connectivity index (χ3n) is 3.60. The fraction of sp³-hybridized carbons (Fsp3) is 0.769. The molecule has 1 aromatic rings. The van der Waals surface area contributed by atoms with Crippen molar-refractivity contribution < 1.29 is 0 Å². The lowest BCUT2D eigenvalue weighted by molar-refractivity contribution is 0.423. The second-order valence-electron chi connectivity index (χ2n) is 4.75. The molecule has 2 rings (SSSR count). The summed E-state index contributed by atoms with van der Waals surface area (Å²) in [6, 6.07) is 3.41. The van der Waals surface area contributed by atoms with Gasteiger partial charge in [0.1, 0.15) is 0 Å². The lowest BCUT2D eigenvalue weighted by atomic mass is 10.1. The van der Waals surface area contributed by atoms with Gasteiger partial charge >= 0.3 is 0 Å². The van der Waals surface area contributed by atoms with Crippen LogP contribution in [0.5, 0.6) is 0 Å². The van der Waals surface area contributed by atoms with Crippen molar-refractivity contribution in [3.05, 3.63) is 18.0 Å². The van der Waals surface area contributed by atoms with Gasteiger partial charge in [0.2, 0.25) is 0 Å². The van der Waals surface area contributed by atoms with E-state index in [-0.39, 0.29) is 0 Å². The van der Waals surface area contributed by atoms with Crippen molar-refractivity contribution in [2.75, 3.05) is 6.54 Å². The Hall–Kier alpha value is -0.830. The van der Waals surface area contributed by atoms with Crippen LogP contribution in [-0.4, -0.2) is 22.4 Å². The lowest BCUT2D eigenvalue weighted by Gasteiger charge is -2.13. The van der Waals surface area contributed by atoms with E-state index in [1.807, 2.05) is 0 Å². The molecule has 16 heavy (non-hydrogen) atoms. The van der Waals surface area contributed by atoms with Crippen LogP contribution in [-0.2, 0) is 6.42 Å². The fourth-order valence-electron chi connectivity index (χ4n) is 2.54. The molecule has 3 nitrogen and oxygen atoms in total. The van der Waals surface area contributed by atoms with Crippen LogP contribution < -0.4 is 5.32 Å². The summed E-state index contributed by atoms with van der Waals surface area (Å²) < 4.78 is 2.14. The molecular formula is C13H23N3. The summed E-state index contributed by atoms with van der Waals surface area (Å²) in [6.07, 6.45) is 8.18. The summed E-state index contributed by atoms with van der Waals surface area (Å²) in [5, 5.41) is 8.21. The van der Waals surface area contributed by atoms with Crippen molar-refractivity contribution in [3.63, 3.8) is 0 Å². The molecule has 1 atom stereocenters. The first-order valence-corrected chi connectivity index (χ1v) is 6.61. The van der Waals surface area contributed by atoms with Crippen molar-refractivity contribution in [2.45, 2.75) is 58.0 Å². The fourth-order valence-corrected chi connectivity index (χ4v) is 2.54. The molecule has 3 heteroatoms. The normalized spacial score (nSPS) is 20.8. The van der Waals surface area contributed by atoms with Crippen molar-refractivity contribution in [1.82, 2.24) is 15.1 Å². The number of hydrogen-bond acceptors (Lipinski definition) is 2. The third kappa shape index (κ3) is 2.64. The highest BCUT2D eigenvalue weighted by Gasteiger charge is 2.16. The molecule has 1 fully saturated rings. The maximum absolute atomic E-state index is 4.69. The van der Waals surface area contributed by atoms with Gasteiger partial charge in [0.25, 0.3) is 0 Å². The van der Waals surface area contributed by atoms with E-state index >= 15 is 0 Å². The van der Waals surface area contributed by atoms with Gasteiger partial charge in [0.05, 0.1) is 11.7 Å². The molecule has 1 aliphatic rings. The van der Waals surface area contributed by atoms with E-state index in [1.165, 1.54) is 37.9 Å². The minimum Gasteiger partial charge on any atom is -0.314 e. The third-order valence-corrected chi connectivity index (χ3v) is 3.60. The molecule has 0 radical (unpaired) electrons. The summed E-state index contributed by atoms with van der Waals surface area (Å²) in [6.45, 7) is 5.64. The SMILES string of the molecule is CCC(CC)n1ccc(CC2CCCN2)n1. The van der Waals surface area contributed by atoms with Crippen LogP contribution >= 0.6 is 0 Å². The Kier molecular flexibility index (Phi) is 3.99. The molecular weight excluding hydrogens is 198 g/mol. The first-order chi connectivity index (χ1) is 7.83. The highest BCUT2D eigenvalue weighted by molar-refractivity contribution is 5.03. The molecule has 1 saturated heterocycles. The van der Waals surface area contributed by atoms with Crippen molar-refractivity contribution >= 4 is 0 Å². The Bertz CT molecular complexity index is 309. The van der Waals surface area contributed by atoms with Crippen LogP contribution in [0.4, 0.5) is 0 Å². The minimum atomic E-state index is 0.574. The van der Waals surface area contributed by atoms with Gasteiger partial charge in [-0.25, -0.2) is 0 Å². The Balaban J connectivity index is 1.95. The number of nitrogens with one attached hydrogen (secondary N) is 1. The van der Waals surface area contributed by atoms with Crippen LogP contribution in [0.2, 0.25) is 0 Å². The molecule has 0 spiro atoms. The molecule has 2 heterocycles. The second-order valence-corrected chi connectivity index (χ2v) is 4.75. The standard InChI is InChI=1S/C13H23N3/c1-3-13(4-2)16-9-7-12(15-16)10-11-6-5-8-14-11/h7,9,11,13-14H,3-6,8,10H2,1-2H3. The largest absolute Gasteiger partial charge is 0.314 e. The zero-order valence-corrected chi connectivity index (χ0v) is 10.4. The van der Waals surface area contributed by atoms with Crippen LogP contribution in [0.25, 0.3) is 0 Å². The predicted molar refractivity (Wildman–Crippen MR) is 66.6 cm³/mol. The van der Waals surface area contributed by atoms with Gasteiger partial charge in [0, 0.05) is 18.7 Å². The average molecular weight is 221 g/mol. The van der Waals surface area contributed by atoms with E-state index in [0.29, 0.717) is 12.1 Å². The molecule has 0 bridgehead atoms. The quantitative estimate of drug-likeness (QED) is 0.828. The van der Waals surface area contributed by atoms with E-state index in [4.69, 9.17) is 5.10 Å². The van der Waals surface area contributed by atoms with E-state index < -0.39 is 0 Å². The van der Waals surface area contributed by atoms with E-state index in [2.05, 4.69) is 36.1 Å². The van der Waals surface area contributed by atoms with Gasteiger partial charge in [0.15, 0.2) is 0 Å². The highest BCUT2D eigenvalue weighted by atomic mass is 15.3. The summed E-state index contributed by atoms with van der Waals surface area (Å²) in [4.78, 5) is 0. The maximum atomic E-state index is 4.69. The van der Waals surface area contributed by atoms with E-state index in [1.54, 1.807) is 0 Å². The van der Waals surface area contributed by atoms with Gasteiger partial charge in [-0.1, -0.05) is 13.8 Å². The molecule has 90 valence electrons. The topological polar surface area (TPSA) is 29.9 Å². The van der Waals surface area contributed by atoms with Crippen LogP contribution in [0, 0.1) is 0 Å². The van der Waals surface area contributed by atoms with Gasteiger partial charge in [-0.2, -0.15) is 5.10 Å². The van der Waals surface area contributed by atoms with Gasteiger partial charge in [-0.15, -0.1) is 0 Å². The predicted octanol–water partition coefficient (Wildman–Crippen LogP) is 2.54. The van der Waals surface area contributed by atoms with Gasteiger partial charge in [-0.05, 0) is 38.3 Å². The van der Waals surface area contributed by atoms with Crippen LogP contribution in [0.15, 0.2) is 12.3 Å². The second kappa shape index (κ2) is 5.48. The summed E-state index contributed by atoms with van der Waals surface area (Å²) >= 11 is 0. The average Bonchev–Trinajstić information content (AvgIpc) is 2.93. The first-order valence-electron chi connectivity index (χ1n) is 6.61. The number of nitrogens with zero attached hydrogens (tertiary/aromatic N) is 2. The van der Waals surface area contributed by atoms with Crippen molar-refractivity contribution in [1.29, 1.82) is 0 Å².